The van der Waals surface area contributed by atoms with Crippen LogP contribution in [-0.4, -0.2) is 44.0 Å². The number of carbonyl (C=O) groups is 1. The molecule has 1 aliphatic heterocycles. The van der Waals surface area contributed by atoms with Gasteiger partial charge in [0.05, 0.1) is 6.20 Å². The Bertz CT molecular complexity index is 676. The van der Waals surface area contributed by atoms with Gasteiger partial charge in [0, 0.05) is 31.3 Å². The zero-order chi connectivity index (χ0) is 16.4. The third kappa shape index (κ3) is 3.28. The molecule has 1 N–H and O–H groups in total. The zero-order valence-corrected chi connectivity index (χ0v) is 13.9. The predicted molar refractivity (Wildman–Crippen MR) is 84.2 cm³/mol. The van der Waals surface area contributed by atoms with E-state index < -0.39 is 0 Å². The molecule has 3 heterocycles. The van der Waals surface area contributed by atoms with Crippen LogP contribution in [0.5, 0.6) is 0 Å². The molecule has 3 rings (SSSR count). The van der Waals surface area contributed by atoms with Crippen molar-refractivity contribution in [3.05, 3.63) is 29.4 Å². The SMILES string of the molecule is CCc1nc([C@H]2CCCN(C(=O)c3cnc(C(C)C)[nH]3)C2)no1. The van der Waals surface area contributed by atoms with Gasteiger partial charge in [-0.2, -0.15) is 4.98 Å². The zero-order valence-electron chi connectivity index (χ0n) is 13.9. The quantitative estimate of drug-likeness (QED) is 0.936. The van der Waals surface area contributed by atoms with Gasteiger partial charge >= 0.3 is 0 Å². The van der Waals surface area contributed by atoms with E-state index >= 15 is 0 Å². The van der Waals surface area contributed by atoms with E-state index in [0.717, 1.165) is 31.6 Å². The molecule has 1 amide bonds. The molecule has 2 aromatic rings. The number of likely N-dealkylation sites (tertiary alicyclic amines) is 1. The van der Waals surface area contributed by atoms with Crippen molar-refractivity contribution in [2.45, 2.75) is 51.9 Å². The van der Waals surface area contributed by atoms with Gasteiger partial charge < -0.3 is 14.4 Å². The van der Waals surface area contributed by atoms with E-state index in [-0.39, 0.29) is 17.7 Å². The number of amides is 1. The molecule has 0 bridgehead atoms. The minimum atomic E-state index is -0.00619. The van der Waals surface area contributed by atoms with Gasteiger partial charge in [-0.15, -0.1) is 0 Å². The average Bonchev–Trinajstić information content (AvgIpc) is 3.23. The van der Waals surface area contributed by atoms with Gasteiger partial charge in [-0.25, -0.2) is 4.98 Å². The number of nitrogens with zero attached hydrogens (tertiary/aromatic N) is 4. The second kappa shape index (κ2) is 6.52. The summed E-state index contributed by atoms with van der Waals surface area (Å²) in [4.78, 5) is 26.3. The summed E-state index contributed by atoms with van der Waals surface area (Å²) in [5.41, 5.74) is 0.553. The number of H-pyrrole nitrogens is 1. The number of imidazole rings is 1. The number of rotatable bonds is 4. The van der Waals surface area contributed by atoms with Crippen LogP contribution in [0.2, 0.25) is 0 Å². The van der Waals surface area contributed by atoms with Gasteiger partial charge in [0.15, 0.2) is 5.82 Å². The molecule has 0 aliphatic carbocycles. The number of aromatic amines is 1. The molecule has 0 saturated carbocycles. The van der Waals surface area contributed by atoms with Gasteiger partial charge in [-0.05, 0) is 12.8 Å². The number of hydrogen-bond acceptors (Lipinski definition) is 5. The first kappa shape index (κ1) is 15.7. The second-order valence-corrected chi connectivity index (χ2v) is 6.33. The van der Waals surface area contributed by atoms with Crippen LogP contribution in [0.3, 0.4) is 0 Å². The Morgan fingerprint density at radius 2 is 2.35 bits per heavy atom. The highest BCUT2D eigenvalue weighted by molar-refractivity contribution is 5.92. The van der Waals surface area contributed by atoms with Crippen LogP contribution in [-0.2, 0) is 6.42 Å². The Morgan fingerprint density at radius 3 is 3.00 bits per heavy atom. The van der Waals surface area contributed by atoms with Gasteiger partial charge in [-0.3, -0.25) is 4.79 Å². The molecule has 0 unspecified atom stereocenters. The predicted octanol–water partition coefficient (Wildman–Crippen LogP) is 2.50. The fourth-order valence-corrected chi connectivity index (χ4v) is 2.86. The maximum atomic E-state index is 12.7. The Kier molecular flexibility index (Phi) is 4.45. The fraction of sp³-hybridized carbons (Fsp3) is 0.625. The van der Waals surface area contributed by atoms with E-state index in [2.05, 4.69) is 20.1 Å². The Labute approximate surface area is 135 Å². The maximum Gasteiger partial charge on any atom is 0.271 e. The van der Waals surface area contributed by atoms with Gasteiger partial charge in [0.25, 0.3) is 5.91 Å². The van der Waals surface area contributed by atoms with Crippen molar-refractivity contribution in [1.29, 1.82) is 0 Å². The number of aryl methyl sites for hydroxylation is 1. The van der Waals surface area contributed by atoms with E-state index in [1.807, 2.05) is 25.7 Å². The normalized spacial score (nSPS) is 18.6. The smallest absolute Gasteiger partial charge is 0.271 e. The molecule has 1 saturated heterocycles. The summed E-state index contributed by atoms with van der Waals surface area (Å²) < 4.78 is 5.20. The standard InChI is InChI=1S/C16H23N5O2/c1-4-13-19-15(20-23-13)11-6-5-7-21(9-11)16(22)12-8-17-14(18-12)10(2)3/h8,10-11H,4-7,9H2,1-3H3,(H,17,18)/t11-/m0/s1. The van der Waals surface area contributed by atoms with Crippen molar-refractivity contribution in [2.24, 2.45) is 0 Å². The van der Waals surface area contributed by atoms with Crippen LogP contribution in [0.4, 0.5) is 0 Å². The summed E-state index contributed by atoms with van der Waals surface area (Å²) in [6, 6.07) is 0. The van der Waals surface area contributed by atoms with Crippen LogP contribution >= 0.6 is 0 Å². The Balaban J connectivity index is 1.70. The second-order valence-electron chi connectivity index (χ2n) is 6.33. The molecule has 1 fully saturated rings. The molecule has 7 nitrogen and oxygen atoms in total. The first-order valence-electron chi connectivity index (χ1n) is 8.25. The Hall–Kier alpha value is -2.18. The molecule has 0 spiro atoms. The third-order valence-corrected chi connectivity index (χ3v) is 4.23. The average molecular weight is 317 g/mol. The minimum Gasteiger partial charge on any atom is -0.339 e. The van der Waals surface area contributed by atoms with Crippen LogP contribution in [0.15, 0.2) is 10.7 Å². The lowest BCUT2D eigenvalue weighted by Crippen LogP contribution is -2.39. The lowest BCUT2D eigenvalue weighted by Gasteiger charge is -2.30. The number of carbonyl (C=O) groups excluding carboxylic acids is 1. The van der Waals surface area contributed by atoms with Crippen LogP contribution in [0.1, 0.15) is 73.5 Å². The molecular weight excluding hydrogens is 294 g/mol. The van der Waals surface area contributed by atoms with Crippen molar-refractivity contribution >= 4 is 5.91 Å². The van der Waals surface area contributed by atoms with Crippen molar-refractivity contribution in [2.75, 3.05) is 13.1 Å². The van der Waals surface area contributed by atoms with Crippen LogP contribution < -0.4 is 0 Å². The Morgan fingerprint density at radius 1 is 1.52 bits per heavy atom. The lowest BCUT2D eigenvalue weighted by atomic mass is 9.97. The first-order valence-corrected chi connectivity index (χ1v) is 8.25. The van der Waals surface area contributed by atoms with E-state index in [1.54, 1.807) is 6.20 Å². The highest BCUT2D eigenvalue weighted by Gasteiger charge is 2.29. The minimum absolute atomic E-state index is 0.00619. The van der Waals surface area contributed by atoms with Crippen molar-refractivity contribution in [1.82, 2.24) is 25.0 Å². The molecule has 2 aromatic heterocycles. The summed E-state index contributed by atoms with van der Waals surface area (Å²) in [6.45, 7) is 7.46. The molecule has 7 heteroatoms. The summed E-state index contributed by atoms with van der Waals surface area (Å²) in [5, 5.41) is 4.06. The molecule has 23 heavy (non-hydrogen) atoms. The summed E-state index contributed by atoms with van der Waals surface area (Å²) in [6.07, 6.45) is 4.28. The van der Waals surface area contributed by atoms with Gasteiger partial charge in [-0.1, -0.05) is 25.9 Å². The van der Waals surface area contributed by atoms with E-state index in [1.165, 1.54) is 0 Å². The molecule has 1 aliphatic rings. The number of nitrogens with one attached hydrogen (secondary N) is 1. The largest absolute Gasteiger partial charge is 0.339 e. The molecule has 0 aromatic carbocycles. The number of aromatic nitrogens is 4. The highest BCUT2D eigenvalue weighted by atomic mass is 16.5. The summed E-state index contributed by atoms with van der Waals surface area (Å²) in [7, 11) is 0. The van der Waals surface area contributed by atoms with Gasteiger partial charge in [0.1, 0.15) is 11.5 Å². The molecule has 1 atom stereocenters. The number of hydrogen-bond donors (Lipinski definition) is 1. The van der Waals surface area contributed by atoms with E-state index in [9.17, 15) is 4.79 Å². The third-order valence-electron chi connectivity index (χ3n) is 4.23. The lowest BCUT2D eigenvalue weighted by molar-refractivity contribution is 0.0698. The van der Waals surface area contributed by atoms with Crippen molar-refractivity contribution < 1.29 is 9.32 Å². The number of piperidine rings is 1. The van der Waals surface area contributed by atoms with Crippen molar-refractivity contribution in [3.63, 3.8) is 0 Å². The maximum absolute atomic E-state index is 12.7. The summed E-state index contributed by atoms with van der Waals surface area (Å²) >= 11 is 0. The van der Waals surface area contributed by atoms with Crippen molar-refractivity contribution in [3.8, 4) is 0 Å². The summed E-state index contributed by atoms with van der Waals surface area (Å²) in [5.74, 6) is 2.62. The van der Waals surface area contributed by atoms with Crippen LogP contribution in [0, 0.1) is 0 Å². The monoisotopic (exact) mass is 317 g/mol. The topological polar surface area (TPSA) is 87.9 Å². The molecule has 0 radical (unpaired) electrons. The van der Waals surface area contributed by atoms with Gasteiger partial charge in [0.2, 0.25) is 5.89 Å². The molecule has 124 valence electrons. The first-order chi connectivity index (χ1) is 11.1. The molecular formula is C16H23N5O2. The van der Waals surface area contributed by atoms with Crippen LogP contribution in [0.25, 0.3) is 0 Å². The highest BCUT2D eigenvalue weighted by Crippen LogP contribution is 2.26. The van der Waals surface area contributed by atoms with E-state index in [0.29, 0.717) is 24.0 Å². The van der Waals surface area contributed by atoms with E-state index in [4.69, 9.17) is 4.52 Å². The fourth-order valence-electron chi connectivity index (χ4n) is 2.86.